The van der Waals surface area contributed by atoms with Crippen molar-refractivity contribution in [2.45, 2.75) is 37.8 Å². The lowest BCUT2D eigenvalue weighted by atomic mass is 10.0. The van der Waals surface area contributed by atoms with Crippen LogP contribution in [-0.2, 0) is 4.79 Å². The quantitative estimate of drug-likeness (QED) is 0.436. The molecule has 1 aromatic heterocycles. The second kappa shape index (κ2) is 10.4. The molecule has 1 aliphatic carbocycles. The highest BCUT2D eigenvalue weighted by Crippen LogP contribution is 2.34. The van der Waals surface area contributed by atoms with E-state index in [2.05, 4.69) is 9.69 Å². The molecule has 1 heterocycles. The van der Waals surface area contributed by atoms with E-state index in [0.29, 0.717) is 22.1 Å². The summed E-state index contributed by atoms with van der Waals surface area (Å²) in [4.78, 5) is 40.4. The van der Waals surface area contributed by atoms with Crippen LogP contribution in [0, 0.1) is 5.82 Å². The molecule has 1 aliphatic rings. The van der Waals surface area contributed by atoms with Crippen molar-refractivity contribution in [2.24, 2.45) is 5.73 Å². The lowest BCUT2D eigenvalue weighted by Crippen LogP contribution is -2.46. The molecular weight excluding hydrogens is 493 g/mol. The second-order valence-electron chi connectivity index (χ2n) is 8.23. The minimum Gasteiger partial charge on any atom is -0.395 e. The summed E-state index contributed by atoms with van der Waals surface area (Å²) in [7, 11) is 0. The van der Waals surface area contributed by atoms with Gasteiger partial charge in [-0.3, -0.25) is 19.3 Å². The van der Waals surface area contributed by atoms with E-state index in [1.54, 1.807) is 24.3 Å². The number of halogens is 2. The van der Waals surface area contributed by atoms with E-state index in [9.17, 15) is 18.8 Å². The number of rotatable bonds is 7. The van der Waals surface area contributed by atoms with Gasteiger partial charge in [0.25, 0.3) is 11.8 Å². The summed E-state index contributed by atoms with van der Waals surface area (Å²) in [5.41, 5.74) is 11.7. The molecule has 0 spiro atoms. The Labute approximate surface area is 210 Å². The molecule has 0 bridgehead atoms. The van der Waals surface area contributed by atoms with Crippen molar-refractivity contribution in [3.8, 4) is 0 Å². The third-order valence-electron chi connectivity index (χ3n) is 5.87. The molecule has 5 N–H and O–H groups in total. The molecule has 0 aliphatic heterocycles. The van der Waals surface area contributed by atoms with Gasteiger partial charge in [0.15, 0.2) is 5.69 Å². The number of hydrogen-bond donors (Lipinski definition) is 3. The summed E-state index contributed by atoms with van der Waals surface area (Å²) in [5.74, 6) is -2.47. The van der Waals surface area contributed by atoms with Gasteiger partial charge < -0.3 is 16.8 Å². The van der Waals surface area contributed by atoms with Gasteiger partial charge in [0.2, 0.25) is 5.91 Å². The first-order valence-electron chi connectivity index (χ1n) is 11.0. The summed E-state index contributed by atoms with van der Waals surface area (Å²) >= 11 is 6.77. The van der Waals surface area contributed by atoms with E-state index in [1.165, 1.54) is 29.2 Å². The zero-order valence-corrected chi connectivity index (χ0v) is 20.1. The standard InChI is InChI=1S/C24H23ClFN5O3S/c25-14-7-5-13(6-8-14)20(23(33)29-16-3-1-2-4-16)31(17-11-9-15(26)10-12-17)24(34)21-18(27)19(22(28)32)30-35-21/h5-12,16,20H,1-4,27H2,(H2,28,32)(H,29,33)/t20-/m0/s1. The zero-order valence-electron chi connectivity index (χ0n) is 18.5. The maximum Gasteiger partial charge on any atom is 0.273 e. The number of nitrogens with one attached hydrogen (secondary N) is 1. The van der Waals surface area contributed by atoms with Gasteiger partial charge in [-0.1, -0.05) is 36.6 Å². The molecule has 0 unspecified atom stereocenters. The van der Waals surface area contributed by atoms with Gasteiger partial charge in [-0.2, -0.15) is 4.37 Å². The van der Waals surface area contributed by atoms with Crippen molar-refractivity contribution in [1.82, 2.24) is 9.69 Å². The molecule has 182 valence electrons. The molecule has 3 aromatic rings. The molecule has 8 nitrogen and oxygen atoms in total. The molecule has 0 saturated heterocycles. The Morgan fingerprint density at radius 2 is 1.71 bits per heavy atom. The van der Waals surface area contributed by atoms with Crippen molar-refractivity contribution in [3.63, 3.8) is 0 Å². The topological polar surface area (TPSA) is 131 Å². The van der Waals surface area contributed by atoms with E-state index < -0.39 is 29.6 Å². The van der Waals surface area contributed by atoms with Gasteiger partial charge in [0.1, 0.15) is 16.7 Å². The first kappa shape index (κ1) is 24.6. The Balaban J connectivity index is 1.84. The van der Waals surface area contributed by atoms with Gasteiger partial charge in [0, 0.05) is 16.8 Å². The maximum atomic E-state index is 13.9. The minimum atomic E-state index is -1.13. The zero-order chi connectivity index (χ0) is 25.1. The van der Waals surface area contributed by atoms with Crippen LogP contribution < -0.4 is 21.7 Å². The number of primary amides is 1. The molecule has 2 aromatic carbocycles. The van der Waals surface area contributed by atoms with Gasteiger partial charge >= 0.3 is 0 Å². The summed E-state index contributed by atoms with van der Waals surface area (Å²) in [6.45, 7) is 0. The van der Waals surface area contributed by atoms with E-state index >= 15 is 0 Å². The maximum absolute atomic E-state index is 13.9. The van der Waals surface area contributed by atoms with Crippen molar-refractivity contribution < 1.29 is 18.8 Å². The van der Waals surface area contributed by atoms with Gasteiger partial charge in [0.05, 0.1) is 5.69 Å². The Morgan fingerprint density at radius 1 is 1.09 bits per heavy atom. The summed E-state index contributed by atoms with van der Waals surface area (Å²) < 4.78 is 17.7. The molecule has 1 saturated carbocycles. The van der Waals surface area contributed by atoms with E-state index in [-0.39, 0.29) is 28.0 Å². The highest BCUT2D eigenvalue weighted by Gasteiger charge is 2.37. The number of carbonyl (C=O) groups excluding carboxylic acids is 3. The van der Waals surface area contributed by atoms with E-state index in [1.807, 2.05) is 0 Å². The average Bonchev–Trinajstić information content (AvgIpc) is 3.48. The van der Waals surface area contributed by atoms with Crippen LogP contribution in [0.4, 0.5) is 15.8 Å². The Morgan fingerprint density at radius 3 is 2.29 bits per heavy atom. The molecule has 1 fully saturated rings. The number of carbonyl (C=O) groups is 3. The molecule has 4 rings (SSSR count). The Bertz CT molecular complexity index is 1240. The predicted molar refractivity (Wildman–Crippen MR) is 133 cm³/mol. The van der Waals surface area contributed by atoms with Crippen molar-refractivity contribution in [3.05, 3.63) is 75.5 Å². The molecule has 3 amide bonds. The van der Waals surface area contributed by atoms with Crippen molar-refractivity contribution in [1.29, 1.82) is 0 Å². The largest absolute Gasteiger partial charge is 0.395 e. The van der Waals surface area contributed by atoms with Crippen LogP contribution in [0.1, 0.15) is 57.4 Å². The summed E-state index contributed by atoms with van der Waals surface area (Å²) in [5, 5.41) is 3.50. The third-order valence-corrected chi connectivity index (χ3v) is 6.98. The lowest BCUT2D eigenvalue weighted by Gasteiger charge is -2.32. The number of benzene rings is 2. The predicted octanol–water partition coefficient (Wildman–Crippen LogP) is 4.06. The van der Waals surface area contributed by atoms with E-state index in [0.717, 1.165) is 25.7 Å². The fraction of sp³-hybridized carbons (Fsp3) is 0.250. The molecule has 1 atom stereocenters. The lowest BCUT2D eigenvalue weighted by molar-refractivity contribution is -0.123. The molecule has 0 radical (unpaired) electrons. The number of amides is 3. The molecular formula is C24H23ClFN5O3S. The Hall–Kier alpha value is -3.50. The highest BCUT2D eigenvalue weighted by atomic mass is 35.5. The monoisotopic (exact) mass is 515 g/mol. The molecule has 35 heavy (non-hydrogen) atoms. The number of nitrogen functional groups attached to an aromatic ring is 1. The van der Waals surface area contributed by atoms with Crippen LogP contribution >= 0.6 is 23.1 Å². The van der Waals surface area contributed by atoms with Gasteiger partial charge in [-0.15, -0.1) is 0 Å². The van der Waals surface area contributed by atoms with Crippen molar-refractivity contribution >= 4 is 52.2 Å². The van der Waals surface area contributed by atoms with Crippen LogP contribution in [0.15, 0.2) is 48.5 Å². The highest BCUT2D eigenvalue weighted by molar-refractivity contribution is 7.09. The number of aromatic nitrogens is 1. The number of anilines is 2. The van der Waals surface area contributed by atoms with Crippen LogP contribution in [0.3, 0.4) is 0 Å². The average molecular weight is 516 g/mol. The Kier molecular flexibility index (Phi) is 7.32. The van der Waals surface area contributed by atoms with Crippen LogP contribution in [0.2, 0.25) is 5.02 Å². The van der Waals surface area contributed by atoms with E-state index in [4.69, 9.17) is 23.1 Å². The fourth-order valence-corrected chi connectivity index (χ4v) is 5.01. The smallest absolute Gasteiger partial charge is 0.273 e. The normalized spacial score (nSPS) is 14.5. The third kappa shape index (κ3) is 5.28. The SMILES string of the molecule is NC(=O)c1nsc(C(=O)N(c2ccc(F)cc2)[C@H](C(=O)NC2CCCC2)c2ccc(Cl)cc2)c1N. The summed E-state index contributed by atoms with van der Waals surface area (Å²) in [6, 6.07) is 10.5. The van der Waals surface area contributed by atoms with Gasteiger partial charge in [-0.05, 0) is 66.3 Å². The van der Waals surface area contributed by atoms with Crippen LogP contribution in [0.5, 0.6) is 0 Å². The minimum absolute atomic E-state index is 0.0163. The number of hydrogen-bond acceptors (Lipinski definition) is 6. The van der Waals surface area contributed by atoms with Crippen molar-refractivity contribution in [2.75, 3.05) is 10.6 Å². The van der Waals surface area contributed by atoms with Crippen LogP contribution in [-0.4, -0.2) is 28.1 Å². The second-order valence-corrected chi connectivity index (χ2v) is 9.44. The van der Waals surface area contributed by atoms with Gasteiger partial charge in [-0.25, -0.2) is 4.39 Å². The summed E-state index contributed by atoms with van der Waals surface area (Å²) in [6.07, 6.45) is 3.69. The van der Waals surface area contributed by atoms with Crippen LogP contribution in [0.25, 0.3) is 0 Å². The first-order valence-corrected chi connectivity index (χ1v) is 12.1. The first-order chi connectivity index (χ1) is 16.8. The fourth-order valence-electron chi connectivity index (χ4n) is 4.14. The number of nitrogens with zero attached hydrogens (tertiary/aromatic N) is 2. The number of nitrogens with two attached hydrogens (primary N) is 2. The molecule has 11 heteroatoms.